The third kappa shape index (κ3) is 2.39. The molecule has 4 nitrogen and oxygen atoms in total. The molecule has 0 aliphatic carbocycles. The number of hydrogen-bond acceptors (Lipinski definition) is 3. The van der Waals surface area contributed by atoms with E-state index >= 15 is 0 Å². The third-order valence-corrected chi connectivity index (χ3v) is 4.02. The summed E-state index contributed by atoms with van der Waals surface area (Å²) in [5.41, 5.74) is 0.552. The Morgan fingerprint density at radius 2 is 2.20 bits per heavy atom. The molecule has 3 rings (SSSR count). The molecule has 104 valence electrons. The number of piperidine rings is 1. The van der Waals surface area contributed by atoms with Crippen LogP contribution >= 0.6 is 0 Å². The molecule has 20 heavy (non-hydrogen) atoms. The first-order chi connectivity index (χ1) is 9.77. The van der Waals surface area contributed by atoms with Gasteiger partial charge in [0, 0.05) is 31.2 Å². The predicted octanol–water partition coefficient (Wildman–Crippen LogP) is 2.06. The van der Waals surface area contributed by atoms with Crippen molar-refractivity contribution in [1.82, 2.24) is 15.2 Å². The van der Waals surface area contributed by atoms with Crippen LogP contribution in [-0.2, 0) is 0 Å². The van der Waals surface area contributed by atoms with E-state index in [4.69, 9.17) is 0 Å². The Bertz CT molecular complexity index is 615. The number of carbonyl (C=O) groups is 1. The second-order valence-corrected chi connectivity index (χ2v) is 5.30. The lowest BCUT2D eigenvalue weighted by Gasteiger charge is -2.31. The van der Waals surface area contributed by atoms with Crippen LogP contribution in [0, 0.1) is 0 Å². The number of aromatic nitrogens is 1. The zero-order valence-electron chi connectivity index (χ0n) is 11.7. The van der Waals surface area contributed by atoms with Crippen molar-refractivity contribution in [2.24, 2.45) is 0 Å². The van der Waals surface area contributed by atoms with E-state index < -0.39 is 0 Å². The van der Waals surface area contributed by atoms with Gasteiger partial charge < -0.3 is 10.2 Å². The van der Waals surface area contributed by atoms with Crippen molar-refractivity contribution >= 4 is 16.7 Å². The van der Waals surface area contributed by atoms with Crippen LogP contribution in [0.1, 0.15) is 23.3 Å². The lowest BCUT2D eigenvalue weighted by atomic mass is 10.0. The molecule has 1 N–H and O–H groups in total. The first-order valence-corrected chi connectivity index (χ1v) is 7.09. The Labute approximate surface area is 118 Å². The van der Waals surface area contributed by atoms with Crippen LogP contribution in [0.5, 0.6) is 0 Å². The van der Waals surface area contributed by atoms with E-state index in [-0.39, 0.29) is 11.9 Å². The maximum absolute atomic E-state index is 12.7. The first-order valence-electron chi connectivity index (χ1n) is 7.09. The average molecular weight is 269 g/mol. The Morgan fingerprint density at radius 1 is 1.35 bits per heavy atom. The minimum Gasteiger partial charge on any atom is -0.336 e. The van der Waals surface area contributed by atoms with Crippen LogP contribution in [0.2, 0.25) is 0 Å². The highest BCUT2D eigenvalue weighted by molar-refractivity contribution is 6.05. The smallest absolute Gasteiger partial charge is 0.273 e. The highest BCUT2D eigenvalue weighted by Crippen LogP contribution is 2.19. The van der Waals surface area contributed by atoms with Gasteiger partial charge in [-0.15, -0.1) is 0 Å². The molecule has 1 saturated heterocycles. The number of pyridine rings is 1. The number of hydrogen-bond donors (Lipinski definition) is 1. The minimum absolute atomic E-state index is 0.00972. The van der Waals surface area contributed by atoms with Crippen molar-refractivity contribution in [2.75, 3.05) is 20.1 Å². The summed E-state index contributed by atoms with van der Waals surface area (Å²) in [7, 11) is 1.88. The summed E-state index contributed by atoms with van der Waals surface area (Å²) < 4.78 is 0. The summed E-state index contributed by atoms with van der Waals surface area (Å²) in [6.45, 7) is 1.91. The zero-order valence-corrected chi connectivity index (χ0v) is 11.7. The molecule has 1 aliphatic heterocycles. The second-order valence-electron chi connectivity index (χ2n) is 5.30. The second kappa shape index (κ2) is 5.59. The average Bonchev–Trinajstić information content (AvgIpc) is 2.54. The van der Waals surface area contributed by atoms with Gasteiger partial charge in [0.05, 0.1) is 0 Å². The normalized spacial score (nSPS) is 18.9. The number of fused-ring (bicyclic) bond motifs is 1. The Hall–Kier alpha value is -1.94. The van der Waals surface area contributed by atoms with Crippen LogP contribution in [0.3, 0.4) is 0 Å². The number of carbonyl (C=O) groups excluding carboxylic acids is 1. The number of likely N-dealkylation sites (N-methyl/N-ethyl adjacent to an activating group) is 1. The van der Waals surface area contributed by atoms with Gasteiger partial charge in [-0.05, 0) is 30.8 Å². The Morgan fingerprint density at radius 3 is 3.00 bits per heavy atom. The van der Waals surface area contributed by atoms with Gasteiger partial charge in [-0.1, -0.05) is 24.3 Å². The lowest BCUT2D eigenvalue weighted by molar-refractivity contribution is 0.0704. The maximum atomic E-state index is 12.7. The molecule has 1 amide bonds. The predicted molar refractivity (Wildman–Crippen MR) is 79.7 cm³/mol. The van der Waals surface area contributed by atoms with Crippen LogP contribution in [0.25, 0.3) is 10.8 Å². The van der Waals surface area contributed by atoms with Crippen molar-refractivity contribution in [3.05, 3.63) is 42.2 Å². The number of nitrogens with zero attached hydrogens (tertiary/aromatic N) is 2. The molecular weight excluding hydrogens is 250 g/mol. The highest BCUT2D eigenvalue weighted by Gasteiger charge is 2.24. The van der Waals surface area contributed by atoms with E-state index in [1.165, 1.54) is 0 Å². The molecule has 0 bridgehead atoms. The molecule has 1 atom stereocenters. The standard InChI is InChI=1S/C16H19N3O/c1-19(13-6-4-9-17-11-13)16(20)15-14-7-3-2-5-12(14)8-10-18-15/h2-3,5,7-8,10,13,17H,4,6,9,11H2,1H3. The summed E-state index contributed by atoms with van der Waals surface area (Å²) in [4.78, 5) is 18.8. The third-order valence-electron chi connectivity index (χ3n) is 4.02. The molecule has 0 radical (unpaired) electrons. The van der Waals surface area contributed by atoms with Crippen LogP contribution in [0.4, 0.5) is 0 Å². The largest absolute Gasteiger partial charge is 0.336 e. The van der Waals surface area contributed by atoms with E-state index in [0.29, 0.717) is 5.69 Å². The molecular formula is C16H19N3O. The number of benzene rings is 1. The fourth-order valence-corrected chi connectivity index (χ4v) is 2.79. The summed E-state index contributed by atoms with van der Waals surface area (Å²) >= 11 is 0. The molecule has 2 heterocycles. The van der Waals surface area contributed by atoms with E-state index in [1.807, 2.05) is 42.3 Å². The van der Waals surface area contributed by atoms with Gasteiger partial charge in [0.15, 0.2) is 0 Å². The molecule has 1 aromatic heterocycles. The van der Waals surface area contributed by atoms with Crippen molar-refractivity contribution in [3.8, 4) is 0 Å². The van der Waals surface area contributed by atoms with Crippen molar-refractivity contribution in [2.45, 2.75) is 18.9 Å². The van der Waals surface area contributed by atoms with Gasteiger partial charge in [0.2, 0.25) is 0 Å². The fourth-order valence-electron chi connectivity index (χ4n) is 2.79. The summed E-state index contributed by atoms with van der Waals surface area (Å²) in [6.07, 6.45) is 3.88. The number of rotatable bonds is 2. The van der Waals surface area contributed by atoms with E-state index in [9.17, 15) is 4.79 Å². The zero-order chi connectivity index (χ0) is 13.9. The van der Waals surface area contributed by atoms with Crippen molar-refractivity contribution < 1.29 is 4.79 Å². The fraction of sp³-hybridized carbons (Fsp3) is 0.375. The monoisotopic (exact) mass is 269 g/mol. The lowest BCUT2D eigenvalue weighted by Crippen LogP contribution is -2.46. The van der Waals surface area contributed by atoms with Crippen LogP contribution in [-0.4, -0.2) is 42.0 Å². The van der Waals surface area contributed by atoms with Gasteiger partial charge in [0.1, 0.15) is 5.69 Å². The molecule has 0 spiro atoms. The quantitative estimate of drug-likeness (QED) is 0.907. The van der Waals surface area contributed by atoms with Gasteiger partial charge >= 0.3 is 0 Å². The van der Waals surface area contributed by atoms with Crippen LogP contribution < -0.4 is 5.32 Å². The highest BCUT2D eigenvalue weighted by atomic mass is 16.2. The Kier molecular flexibility index (Phi) is 3.65. The molecule has 1 aromatic carbocycles. The van der Waals surface area contributed by atoms with Gasteiger partial charge in [-0.3, -0.25) is 9.78 Å². The van der Waals surface area contributed by atoms with Gasteiger partial charge in [-0.2, -0.15) is 0 Å². The number of nitrogens with one attached hydrogen (secondary N) is 1. The van der Waals surface area contributed by atoms with E-state index in [1.54, 1.807) is 6.20 Å². The molecule has 1 unspecified atom stereocenters. The Balaban J connectivity index is 1.92. The molecule has 1 fully saturated rings. The molecule has 0 saturated carbocycles. The molecule has 2 aromatic rings. The maximum Gasteiger partial charge on any atom is 0.273 e. The minimum atomic E-state index is 0.00972. The van der Waals surface area contributed by atoms with Crippen LogP contribution in [0.15, 0.2) is 36.5 Å². The van der Waals surface area contributed by atoms with E-state index in [0.717, 1.165) is 36.7 Å². The van der Waals surface area contributed by atoms with E-state index in [2.05, 4.69) is 10.3 Å². The SMILES string of the molecule is CN(C(=O)c1nccc2ccccc12)C1CCCNC1. The summed E-state index contributed by atoms with van der Waals surface area (Å²) in [6, 6.07) is 10.1. The molecule has 4 heteroatoms. The topological polar surface area (TPSA) is 45.2 Å². The van der Waals surface area contributed by atoms with Crippen molar-refractivity contribution in [3.63, 3.8) is 0 Å². The number of amides is 1. The molecule has 1 aliphatic rings. The van der Waals surface area contributed by atoms with Gasteiger partial charge in [-0.25, -0.2) is 0 Å². The van der Waals surface area contributed by atoms with Crippen molar-refractivity contribution in [1.29, 1.82) is 0 Å². The summed E-state index contributed by atoms with van der Waals surface area (Å²) in [5, 5.41) is 5.33. The summed E-state index contributed by atoms with van der Waals surface area (Å²) in [5.74, 6) is 0.00972. The van der Waals surface area contributed by atoms with Gasteiger partial charge in [0.25, 0.3) is 5.91 Å². The first kappa shape index (κ1) is 13.1.